The Balaban J connectivity index is 2.65. The van der Waals surface area contributed by atoms with Gasteiger partial charge in [-0.2, -0.15) is 5.26 Å². The van der Waals surface area contributed by atoms with Crippen molar-refractivity contribution in [2.45, 2.75) is 18.9 Å². The number of nitrogens with one attached hydrogen (secondary N) is 1. The van der Waals surface area contributed by atoms with Crippen LogP contribution >= 0.6 is 0 Å². The van der Waals surface area contributed by atoms with Gasteiger partial charge in [0, 0.05) is 25.3 Å². The van der Waals surface area contributed by atoms with E-state index in [0.717, 1.165) is 24.4 Å². The zero-order valence-corrected chi connectivity index (χ0v) is 11.5. The second kappa shape index (κ2) is 6.27. The van der Waals surface area contributed by atoms with E-state index in [1.54, 1.807) is 7.11 Å². The van der Waals surface area contributed by atoms with Crippen LogP contribution in [0.5, 0.6) is 5.75 Å². The first kappa shape index (κ1) is 14.3. The molecule has 18 heavy (non-hydrogen) atoms. The van der Waals surface area contributed by atoms with Crippen LogP contribution in [0.25, 0.3) is 0 Å². The largest absolute Gasteiger partial charge is 0.497 e. The van der Waals surface area contributed by atoms with Gasteiger partial charge in [0.1, 0.15) is 11.3 Å². The average Bonchev–Trinajstić information content (AvgIpc) is 2.44. The standard InChI is InChI=1S/C14H21N3O/c1-14(11-15,16-2)8-9-17(3)12-6-5-7-13(10-12)18-4/h5-7,10,16H,8-9H2,1-4H3. The molecule has 1 unspecified atom stereocenters. The molecule has 0 amide bonds. The van der Waals surface area contributed by atoms with Crippen LogP contribution in [0.15, 0.2) is 24.3 Å². The Labute approximate surface area is 109 Å². The summed E-state index contributed by atoms with van der Waals surface area (Å²) in [7, 11) is 5.49. The smallest absolute Gasteiger partial charge is 0.120 e. The second-order valence-electron chi connectivity index (χ2n) is 4.57. The molecule has 0 aliphatic heterocycles. The van der Waals surface area contributed by atoms with Crippen LogP contribution in [0.4, 0.5) is 5.69 Å². The monoisotopic (exact) mass is 247 g/mol. The number of nitriles is 1. The van der Waals surface area contributed by atoms with Crippen molar-refractivity contribution in [2.75, 3.05) is 32.6 Å². The normalized spacial score (nSPS) is 13.5. The Morgan fingerprint density at radius 2 is 2.22 bits per heavy atom. The number of rotatable bonds is 6. The fourth-order valence-electron chi connectivity index (χ4n) is 1.61. The molecule has 1 aromatic rings. The van der Waals surface area contributed by atoms with E-state index in [4.69, 9.17) is 10.00 Å². The van der Waals surface area contributed by atoms with E-state index in [1.165, 1.54) is 0 Å². The summed E-state index contributed by atoms with van der Waals surface area (Å²) in [5, 5.41) is 12.1. The van der Waals surface area contributed by atoms with Crippen LogP contribution in [-0.2, 0) is 0 Å². The van der Waals surface area contributed by atoms with Gasteiger partial charge in [-0.1, -0.05) is 6.07 Å². The summed E-state index contributed by atoms with van der Waals surface area (Å²) in [6.07, 6.45) is 0.758. The van der Waals surface area contributed by atoms with Crippen molar-refractivity contribution in [3.05, 3.63) is 24.3 Å². The van der Waals surface area contributed by atoms with Crippen molar-refractivity contribution >= 4 is 5.69 Å². The third kappa shape index (κ3) is 3.64. The summed E-state index contributed by atoms with van der Waals surface area (Å²) in [6, 6.07) is 10.2. The summed E-state index contributed by atoms with van der Waals surface area (Å²) in [5.74, 6) is 0.844. The fourth-order valence-corrected chi connectivity index (χ4v) is 1.61. The van der Waals surface area contributed by atoms with E-state index < -0.39 is 5.54 Å². The summed E-state index contributed by atoms with van der Waals surface area (Å²) >= 11 is 0. The van der Waals surface area contributed by atoms with Gasteiger partial charge in [-0.25, -0.2) is 0 Å². The molecule has 0 aliphatic carbocycles. The van der Waals surface area contributed by atoms with Gasteiger partial charge in [-0.15, -0.1) is 0 Å². The van der Waals surface area contributed by atoms with E-state index in [-0.39, 0.29) is 0 Å². The molecule has 98 valence electrons. The highest BCUT2D eigenvalue weighted by molar-refractivity contribution is 5.50. The van der Waals surface area contributed by atoms with Crippen molar-refractivity contribution in [2.24, 2.45) is 0 Å². The molecule has 0 heterocycles. The Morgan fingerprint density at radius 1 is 1.50 bits per heavy atom. The number of hydrogen-bond donors (Lipinski definition) is 1. The first-order chi connectivity index (χ1) is 8.54. The maximum absolute atomic E-state index is 9.10. The van der Waals surface area contributed by atoms with Crippen molar-refractivity contribution in [3.63, 3.8) is 0 Å². The topological polar surface area (TPSA) is 48.3 Å². The van der Waals surface area contributed by atoms with Crippen LogP contribution < -0.4 is 15.0 Å². The van der Waals surface area contributed by atoms with Gasteiger partial charge in [-0.05, 0) is 32.5 Å². The molecule has 4 nitrogen and oxygen atoms in total. The van der Waals surface area contributed by atoms with E-state index in [2.05, 4.69) is 16.3 Å². The van der Waals surface area contributed by atoms with Crippen molar-refractivity contribution in [1.82, 2.24) is 5.32 Å². The molecule has 1 N–H and O–H groups in total. The molecule has 0 saturated carbocycles. The van der Waals surface area contributed by atoms with E-state index >= 15 is 0 Å². The first-order valence-corrected chi connectivity index (χ1v) is 6.00. The van der Waals surface area contributed by atoms with Crippen LogP contribution in [0.1, 0.15) is 13.3 Å². The lowest BCUT2D eigenvalue weighted by Crippen LogP contribution is -2.41. The maximum Gasteiger partial charge on any atom is 0.120 e. The SMILES string of the molecule is CNC(C)(C#N)CCN(C)c1cccc(OC)c1. The Morgan fingerprint density at radius 3 is 2.78 bits per heavy atom. The predicted octanol–water partition coefficient (Wildman–Crippen LogP) is 2.02. The maximum atomic E-state index is 9.10. The highest BCUT2D eigenvalue weighted by Crippen LogP contribution is 2.21. The minimum Gasteiger partial charge on any atom is -0.497 e. The molecule has 0 bridgehead atoms. The highest BCUT2D eigenvalue weighted by Gasteiger charge is 2.21. The second-order valence-corrected chi connectivity index (χ2v) is 4.57. The molecule has 1 atom stereocenters. The minimum absolute atomic E-state index is 0.479. The molecular formula is C14H21N3O. The van der Waals surface area contributed by atoms with Crippen molar-refractivity contribution < 1.29 is 4.74 Å². The number of benzene rings is 1. The minimum atomic E-state index is -0.479. The van der Waals surface area contributed by atoms with Crippen LogP contribution in [0, 0.1) is 11.3 Å². The Kier molecular flexibility index (Phi) is 4.99. The average molecular weight is 247 g/mol. The van der Waals surface area contributed by atoms with Crippen LogP contribution in [-0.4, -0.2) is 33.3 Å². The first-order valence-electron chi connectivity index (χ1n) is 6.00. The third-order valence-corrected chi connectivity index (χ3v) is 3.24. The lowest BCUT2D eigenvalue weighted by Gasteiger charge is -2.26. The van der Waals surface area contributed by atoms with Crippen LogP contribution in [0.3, 0.4) is 0 Å². The number of hydrogen-bond acceptors (Lipinski definition) is 4. The molecule has 1 aromatic carbocycles. The quantitative estimate of drug-likeness (QED) is 0.835. The zero-order chi connectivity index (χ0) is 13.6. The molecule has 0 fully saturated rings. The summed E-state index contributed by atoms with van der Waals surface area (Å²) < 4.78 is 5.20. The summed E-state index contributed by atoms with van der Waals surface area (Å²) in [4.78, 5) is 2.12. The fraction of sp³-hybridized carbons (Fsp3) is 0.500. The summed E-state index contributed by atoms with van der Waals surface area (Å²) in [5.41, 5.74) is 0.610. The molecular weight excluding hydrogens is 226 g/mol. The van der Waals surface area contributed by atoms with Gasteiger partial charge in [-0.3, -0.25) is 0 Å². The Hall–Kier alpha value is -1.73. The van der Waals surface area contributed by atoms with E-state index in [9.17, 15) is 0 Å². The van der Waals surface area contributed by atoms with Gasteiger partial charge >= 0.3 is 0 Å². The molecule has 0 radical (unpaired) electrons. The number of anilines is 1. The van der Waals surface area contributed by atoms with Gasteiger partial charge in [0.2, 0.25) is 0 Å². The highest BCUT2D eigenvalue weighted by atomic mass is 16.5. The Bertz CT molecular complexity index is 427. The third-order valence-electron chi connectivity index (χ3n) is 3.24. The van der Waals surface area contributed by atoms with Gasteiger partial charge in [0.15, 0.2) is 0 Å². The predicted molar refractivity (Wildman–Crippen MR) is 74.0 cm³/mol. The molecule has 0 saturated heterocycles. The van der Waals surface area contributed by atoms with E-state index in [0.29, 0.717) is 0 Å². The summed E-state index contributed by atoms with van der Waals surface area (Å²) in [6.45, 7) is 2.71. The zero-order valence-electron chi connectivity index (χ0n) is 11.5. The van der Waals surface area contributed by atoms with Crippen LogP contribution in [0.2, 0.25) is 0 Å². The van der Waals surface area contributed by atoms with Gasteiger partial charge in [0.25, 0.3) is 0 Å². The van der Waals surface area contributed by atoms with Crippen molar-refractivity contribution in [3.8, 4) is 11.8 Å². The molecule has 0 aromatic heterocycles. The molecule has 0 spiro atoms. The molecule has 1 rings (SSSR count). The van der Waals surface area contributed by atoms with Gasteiger partial charge in [0.05, 0.1) is 13.2 Å². The van der Waals surface area contributed by atoms with E-state index in [1.807, 2.05) is 45.3 Å². The molecule has 4 heteroatoms. The lowest BCUT2D eigenvalue weighted by molar-refractivity contribution is 0.414. The van der Waals surface area contributed by atoms with Gasteiger partial charge < -0.3 is 15.0 Å². The lowest BCUT2D eigenvalue weighted by atomic mass is 10.00. The molecule has 0 aliphatic rings. The number of methoxy groups -OCH3 is 1. The van der Waals surface area contributed by atoms with Crippen molar-refractivity contribution in [1.29, 1.82) is 5.26 Å². The number of nitrogens with zero attached hydrogens (tertiary/aromatic N) is 2. The number of ether oxygens (including phenoxy) is 1.